The third-order valence-electron chi connectivity index (χ3n) is 2.42. The molecule has 0 spiro atoms. The van der Waals surface area contributed by atoms with Crippen molar-refractivity contribution in [1.82, 2.24) is 20.1 Å². The van der Waals surface area contributed by atoms with Crippen LogP contribution in [-0.4, -0.2) is 27.2 Å². The Kier molecular flexibility index (Phi) is 2.80. The van der Waals surface area contributed by atoms with Gasteiger partial charge in [0.1, 0.15) is 12.2 Å². The van der Waals surface area contributed by atoms with Gasteiger partial charge in [0, 0.05) is 19.0 Å². The van der Waals surface area contributed by atoms with E-state index >= 15 is 0 Å². The van der Waals surface area contributed by atoms with Crippen LogP contribution in [0.3, 0.4) is 0 Å². The van der Waals surface area contributed by atoms with E-state index in [4.69, 9.17) is 0 Å². The van der Waals surface area contributed by atoms with Gasteiger partial charge in [0.15, 0.2) is 0 Å². The van der Waals surface area contributed by atoms with Gasteiger partial charge in [0.2, 0.25) is 5.91 Å². The second-order valence-corrected chi connectivity index (χ2v) is 3.63. The highest BCUT2D eigenvalue weighted by Crippen LogP contribution is 2.35. The van der Waals surface area contributed by atoms with Crippen LogP contribution in [0, 0.1) is 0 Å². The summed E-state index contributed by atoms with van der Waals surface area (Å²) in [4.78, 5) is 10.9. The van der Waals surface area contributed by atoms with Gasteiger partial charge < -0.3 is 9.88 Å². The minimum absolute atomic E-state index is 0.146. The molecule has 1 aliphatic carbocycles. The number of hydrogen-bond donors (Lipinski definition) is 1. The highest BCUT2D eigenvalue weighted by Gasteiger charge is 2.25. The van der Waals surface area contributed by atoms with E-state index in [9.17, 15) is 4.79 Å². The minimum atomic E-state index is -0.146. The fourth-order valence-corrected chi connectivity index (χ4v) is 1.47. The van der Waals surface area contributed by atoms with E-state index in [-0.39, 0.29) is 5.91 Å². The molecule has 5 heteroatoms. The summed E-state index contributed by atoms with van der Waals surface area (Å²) >= 11 is 0. The molecule has 0 aromatic carbocycles. The monoisotopic (exact) mass is 206 g/mol. The molecule has 0 bridgehead atoms. The zero-order valence-corrected chi connectivity index (χ0v) is 8.52. The Bertz CT molecular complexity index is 367. The summed E-state index contributed by atoms with van der Waals surface area (Å²) in [6.45, 7) is 3.97. The van der Waals surface area contributed by atoms with E-state index in [2.05, 4.69) is 26.7 Å². The number of carbonyl (C=O) groups excluding carboxylic acids is 1. The normalized spacial score (nSPS) is 14.9. The highest BCUT2D eigenvalue weighted by atomic mass is 16.1. The van der Waals surface area contributed by atoms with Crippen LogP contribution in [0.25, 0.3) is 0 Å². The number of nitrogens with one attached hydrogen (secondary N) is 1. The lowest BCUT2D eigenvalue weighted by Crippen LogP contribution is -2.24. The van der Waals surface area contributed by atoms with E-state index in [1.54, 1.807) is 6.33 Å². The Hall–Kier alpha value is -1.65. The molecule has 1 aromatic heterocycles. The van der Waals surface area contributed by atoms with Crippen LogP contribution in [0.15, 0.2) is 19.0 Å². The maximum atomic E-state index is 10.9. The molecule has 0 unspecified atom stereocenters. The molecule has 1 N–H and O–H groups in total. The Morgan fingerprint density at radius 2 is 2.53 bits per heavy atom. The van der Waals surface area contributed by atoms with Gasteiger partial charge >= 0.3 is 0 Å². The Morgan fingerprint density at radius 3 is 3.20 bits per heavy atom. The van der Waals surface area contributed by atoms with Gasteiger partial charge in [-0.3, -0.25) is 4.79 Å². The fraction of sp³-hybridized carbons (Fsp3) is 0.500. The number of nitrogens with zero attached hydrogens (tertiary/aromatic N) is 3. The quantitative estimate of drug-likeness (QED) is 0.712. The van der Waals surface area contributed by atoms with Crippen molar-refractivity contribution in [2.45, 2.75) is 25.3 Å². The predicted octanol–water partition coefficient (Wildman–Crippen LogP) is 0.458. The topological polar surface area (TPSA) is 59.8 Å². The maximum absolute atomic E-state index is 10.9. The first kappa shape index (κ1) is 9.89. The standard InChI is InChI=1S/C10H14N4O/c1-2-10(15)11-6-5-9-13-12-7-14(9)8-3-4-8/h2,7-8H,1,3-6H2,(H,11,15). The van der Waals surface area contributed by atoms with Gasteiger partial charge in [-0.25, -0.2) is 0 Å². The molecule has 5 nitrogen and oxygen atoms in total. The van der Waals surface area contributed by atoms with Crippen LogP contribution >= 0.6 is 0 Å². The predicted molar refractivity (Wildman–Crippen MR) is 55.2 cm³/mol. The summed E-state index contributed by atoms with van der Waals surface area (Å²) in [7, 11) is 0. The lowest BCUT2D eigenvalue weighted by atomic mass is 10.4. The summed E-state index contributed by atoms with van der Waals surface area (Å²) in [5.41, 5.74) is 0. The van der Waals surface area contributed by atoms with Crippen LogP contribution in [0.4, 0.5) is 0 Å². The molecule has 1 fully saturated rings. The highest BCUT2D eigenvalue weighted by molar-refractivity contribution is 5.86. The smallest absolute Gasteiger partial charge is 0.243 e. The van der Waals surface area contributed by atoms with Gasteiger partial charge in [-0.15, -0.1) is 10.2 Å². The van der Waals surface area contributed by atoms with Crippen molar-refractivity contribution in [3.05, 3.63) is 24.8 Å². The maximum Gasteiger partial charge on any atom is 0.243 e. The second-order valence-electron chi connectivity index (χ2n) is 3.63. The van der Waals surface area contributed by atoms with Crippen LogP contribution in [0.5, 0.6) is 0 Å². The van der Waals surface area contributed by atoms with E-state index < -0.39 is 0 Å². The number of rotatable bonds is 5. The van der Waals surface area contributed by atoms with E-state index in [1.165, 1.54) is 18.9 Å². The van der Waals surface area contributed by atoms with Crippen molar-refractivity contribution in [2.24, 2.45) is 0 Å². The van der Waals surface area contributed by atoms with Crippen molar-refractivity contribution in [3.63, 3.8) is 0 Å². The van der Waals surface area contributed by atoms with Crippen molar-refractivity contribution in [3.8, 4) is 0 Å². The average Bonchev–Trinajstić information content (AvgIpc) is 2.99. The van der Waals surface area contributed by atoms with Crippen molar-refractivity contribution in [1.29, 1.82) is 0 Å². The van der Waals surface area contributed by atoms with Crippen LogP contribution < -0.4 is 5.32 Å². The summed E-state index contributed by atoms with van der Waals surface area (Å²) in [5, 5.41) is 10.6. The molecule has 15 heavy (non-hydrogen) atoms. The summed E-state index contributed by atoms with van der Waals surface area (Å²) < 4.78 is 2.10. The Balaban J connectivity index is 1.85. The van der Waals surface area contributed by atoms with Gasteiger partial charge in [-0.05, 0) is 18.9 Å². The Labute approximate surface area is 88.2 Å². The first-order valence-corrected chi connectivity index (χ1v) is 5.10. The van der Waals surface area contributed by atoms with Crippen LogP contribution in [0.1, 0.15) is 24.7 Å². The molecule has 0 atom stereocenters. The van der Waals surface area contributed by atoms with Crippen molar-refractivity contribution >= 4 is 5.91 Å². The first-order valence-electron chi connectivity index (χ1n) is 5.10. The molecule has 1 heterocycles. The van der Waals surface area contributed by atoms with Crippen LogP contribution in [-0.2, 0) is 11.2 Å². The molecule has 1 aliphatic rings. The zero-order chi connectivity index (χ0) is 10.7. The molecular weight excluding hydrogens is 192 g/mol. The van der Waals surface area contributed by atoms with Crippen molar-refractivity contribution < 1.29 is 4.79 Å². The molecular formula is C10H14N4O. The molecule has 0 radical (unpaired) electrons. The Morgan fingerprint density at radius 1 is 1.73 bits per heavy atom. The third kappa shape index (κ3) is 2.43. The van der Waals surface area contributed by atoms with E-state index in [0.29, 0.717) is 12.6 Å². The first-order chi connectivity index (χ1) is 7.31. The SMILES string of the molecule is C=CC(=O)NCCc1nncn1C1CC1. The summed E-state index contributed by atoms with van der Waals surface area (Å²) in [6.07, 6.45) is 6.18. The number of amides is 1. The van der Waals surface area contributed by atoms with Crippen molar-refractivity contribution in [2.75, 3.05) is 6.54 Å². The molecule has 2 rings (SSSR count). The summed E-state index contributed by atoms with van der Waals surface area (Å²) in [6, 6.07) is 0.588. The van der Waals surface area contributed by atoms with Gasteiger partial charge in [-0.2, -0.15) is 0 Å². The number of hydrogen-bond acceptors (Lipinski definition) is 3. The van der Waals surface area contributed by atoms with E-state index in [1.807, 2.05) is 0 Å². The molecule has 1 aromatic rings. The van der Waals surface area contributed by atoms with Gasteiger partial charge in [-0.1, -0.05) is 6.58 Å². The lowest BCUT2D eigenvalue weighted by Gasteiger charge is -2.04. The minimum Gasteiger partial charge on any atom is -0.352 e. The average molecular weight is 206 g/mol. The fourth-order valence-electron chi connectivity index (χ4n) is 1.47. The number of carbonyl (C=O) groups is 1. The summed E-state index contributed by atoms with van der Waals surface area (Å²) in [5.74, 6) is 0.800. The lowest BCUT2D eigenvalue weighted by molar-refractivity contribution is -0.116. The molecule has 1 amide bonds. The second kappa shape index (κ2) is 4.25. The molecule has 1 saturated carbocycles. The molecule has 0 aliphatic heterocycles. The zero-order valence-electron chi connectivity index (χ0n) is 8.52. The third-order valence-corrected chi connectivity index (χ3v) is 2.42. The van der Waals surface area contributed by atoms with Gasteiger partial charge in [0.05, 0.1) is 0 Å². The number of aromatic nitrogens is 3. The molecule has 0 saturated heterocycles. The molecule has 80 valence electrons. The van der Waals surface area contributed by atoms with E-state index in [0.717, 1.165) is 12.2 Å². The van der Waals surface area contributed by atoms with Gasteiger partial charge in [0.25, 0.3) is 0 Å². The van der Waals surface area contributed by atoms with Crippen LogP contribution in [0.2, 0.25) is 0 Å². The largest absolute Gasteiger partial charge is 0.352 e.